The Bertz CT molecular complexity index is 535. The minimum Gasteiger partial charge on any atom is -0.358 e. The molecule has 0 spiro atoms. The fraction of sp³-hybridized carbons (Fsp3) is 0.667. The summed E-state index contributed by atoms with van der Waals surface area (Å²) in [5.41, 5.74) is -0.117. The number of nitrogens with zero attached hydrogens (tertiary/aromatic N) is 3. The van der Waals surface area contributed by atoms with Crippen LogP contribution in [0, 0.1) is 5.92 Å². The summed E-state index contributed by atoms with van der Waals surface area (Å²) in [5, 5.41) is 7.10. The van der Waals surface area contributed by atoms with Crippen molar-refractivity contribution in [2.24, 2.45) is 5.92 Å². The van der Waals surface area contributed by atoms with E-state index in [0.717, 1.165) is 24.8 Å². The lowest BCUT2D eigenvalue weighted by molar-refractivity contribution is 0.436. The molecular formula is C15H24ClN5S. The lowest BCUT2D eigenvalue weighted by Crippen LogP contribution is -2.43. The third-order valence-electron chi connectivity index (χ3n) is 3.50. The summed E-state index contributed by atoms with van der Waals surface area (Å²) in [4.78, 5) is 11.0. The van der Waals surface area contributed by atoms with Gasteiger partial charge in [-0.15, -0.1) is 0 Å². The summed E-state index contributed by atoms with van der Waals surface area (Å²) in [5.74, 6) is 2.06. The highest BCUT2D eigenvalue weighted by Gasteiger charge is 2.19. The SMILES string of the molecule is CC1CCN(c2cc(Cl)nc(NC(=S)NC(C)(C)C)n2)CC1. The molecule has 1 aromatic rings. The van der Waals surface area contributed by atoms with Crippen molar-refractivity contribution in [3.63, 3.8) is 0 Å². The van der Waals surface area contributed by atoms with Gasteiger partial charge in [0.15, 0.2) is 5.11 Å². The number of rotatable bonds is 2. The van der Waals surface area contributed by atoms with E-state index in [9.17, 15) is 0 Å². The van der Waals surface area contributed by atoms with Gasteiger partial charge in [-0.2, -0.15) is 4.98 Å². The Balaban J connectivity index is 2.08. The smallest absolute Gasteiger partial charge is 0.232 e. The molecule has 1 aliphatic rings. The number of thiocarbonyl (C=S) groups is 1. The summed E-state index contributed by atoms with van der Waals surface area (Å²) >= 11 is 11.4. The van der Waals surface area contributed by atoms with Crippen LogP contribution in [0.25, 0.3) is 0 Å². The van der Waals surface area contributed by atoms with E-state index >= 15 is 0 Å². The molecule has 2 rings (SSSR count). The number of halogens is 1. The second-order valence-corrected chi connectivity index (χ2v) is 7.67. The van der Waals surface area contributed by atoms with Gasteiger partial charge in [-0.25, -0.2) is 4.98 Å². The first kappa shape index (κ1) is 17.2. The van der Waals surface area contributed by atoms with E-state index in [1.54, 1.807) is 0 Å². The molecule has 0 bridgehead atoms. The normalized spacial score (nSPS) is 16.5. The average Bonchev–Trinajstić information content (AvgIpc) is 2.36. The van der Waals surface area contributed by atoms with E-state index in [4.69, 9.17) is 23.8 Å². The monoisotopic (exact) mass is 341 g/mol. The zero-order valence-corrected chi connectivity index (χ0v) is 15.2. The van der Waals surface area contributed by atoms with Crippen molar-refractivity contribution < 1.29 is 0 Å². The van der Waals surface area contributed by atoms with Crippen LogP contribution in [-0.2, 0) is 0 Å². The van der Waals surface area contributed by atoms with Crippen LogP contribution in [0.3, 0.4) is 0 Å². The molecule has 5 nitrogen and oxygen atoms in total. The molecule has 122 valence electrons. The fourth-order valence-electron chi connectivity index (χ4n) is 2.33. The molecule has 1 saturated heterocycles. The summed E-state index contributed by atoms with van der Waals surface area (Å²) in [7, 11) is 0. The van der Waals surface area contributed by atoms with Crippen molar-refractivity contribution in [3.05, 3.63) is 11.2 Å². The third kappa shape index (κ3) is 5.25. The lowest BCUT2D eigenvalue weighted by atomic mass is 9.99. The second-order valence-electron chi connectivity index (χ2n) is 6.87. The van der Waals surface area contributed by atoms with Gasteiger partial charge in [-0.05, 0) is 51.7 Å². The van der Waals surface area contributed by atoms with Crippen LogP contribution in [-0.4, -0.2) is 33.7 Å². The lowest BCUT2D eigenvalue weighted by Gasteiger charge is -2.31. The zero-order valence-electron chi connectivity index (χ0n) is 13.6. The molecule has 0 aromatic carbocycles. The number of aromatic nitrogens is 2. The number of nitrogens with one attached hydrogen (secondary N) is 2. The minimum atomic E-state index is -0.117. The molecule has 1 aromatic heterocycles. The molecule has 0 atom stereocenters. The van der Waals surface area contributed by atoms with E-state index in [0.29, 0.717) is 16.2 Å². The Labute approximate surface area is 142 Å². The quantitative estimate of drug-likeness (QED) is 0.634. The molecule has 7 heteroatoms. The highest BCUT2D eigenvalue weighted by molar-refractivity contribution is 7.80. The Hall–Kier alpha value is -1.14. The highest BCUT2D eigenvalue weighted by atomic mass is 35.5. The molecule has 0 amide bonds. The van der Waals surface area contributed by atoms with Crippen LogP contribution in [0.1, 0.15) is 40.5 Å². The van der Waals surface area contributed by atoms with Gasteiger partial charge in [0.25, 0.3) is 0 Å². The summed E-state index contributed by atoms with van der Waals surface area (Å²) in [6, 6.07) is 1.81. The number of hydrogen-bond acceptors (Lipinski definition) is 4. The number of piperidine rings is 1. The van der Waals surface area contributed by atoms with Crippen molar-refractivity contribution in [2.45, 2.75) is 46.1 Å². The standard InChI is InChI=1S/C15H24ClN5S/c1-10-5-7-21(8-6-10)12-9-11(16)17-13(18-12)19-14(22)20-15(2,3)4/h9-10H,5-8H2,1-4H3,(H2,17,18,19,20,22). The molecular weight excluding hydrogens is 318 g/mol. The van der Waals surface area contributed by atoms with Crippen molar-refractivity contribution >= 4 is 40.7 Å². The van der Waals surface area contributed by atoms with Gasteiger partial charge in [0, 0.05) is 24.7 Å². The maximum Gasteiger partial charge on any atom is 0.232 e. The van der Waals surface area contributed by atoms with Crippen molar-refractivity contribution in [1.29, 1.82) is 0 Å². The molecule has 0 radical (unpaired) electrons. The van der Waals surface area contributed by atoms with Gasteiger partial charge in [0.1, 0.15) is 11.0 Å². The maximum atomic E-state index is 6.13. The largest absolute Gasteiger partial charge is 0.358 e. The van der Waals surface area contributed by atoms with Crippen LogP contribution in [0.5, 0.6) is 0 Å². The number of anilines is 2. The Morgan fingerprint density at radius 2 is 1.95 bits per heavy atom. The summed E-state index contributed by atoms with van der Waals surface area (Å²) in [6.07, 6.45) is 2.35. The summed E-state index contributed by atoms with van der Waals surface area (Å²) < 4.78 is 0. The molecule has 22 heavy (non-hydrogen) atoms. The van der Waals surface area contributed by atoms with Gasteiger partial charge in [0.05, 0.1) is 0 Å². The molecule has 0 unspecified atom stereocenters. The number of hydrogen-bond donors (Lipinski definition) is 2. The topological polar surface area (TPSA) is 53.1 Å². The Morgan fingerprint density at radius 3 is 2.55 bits per heavy atom. The third-order valence-corrected chi connectivity index (χ3v) is 3.90. The predicted octanol–water partition coefficient (Wildman–Crippen LogP) is 3.45. The minimum absolute atomic E-state index is 0.117. The first-order chi connectivity index (χ1) is 10.2. The Morgan fingerprint density at radius 1 is 1.32 bits per heavy atom. The average molecular weight is 342 g/mol. The van der Waals surface area contributed by atoms with Crippen LogP contribution in [0.2, 0.25) is 5.15 Å². The highest BCUT2D eigenvalue weighted by Crippen LogP contribution is 2.24. The molecule has 0 saturated carbocycles. The van der Waals surface area contributed by atoms with Crippen LogP contribution >= 0.6 is 23.8 Å². The van der Waals surface area contributed by atoms with E-state index in [-0.39, 0.29) is 5.54 Å². The van der Waals surface area contributed by atoms with Crippen molar-refractivity contribution in [3.8, 4) is 0 Å². The predicted molar refractivity (Wildman–Crippen MR) is 96.8 cm³/mol. The first-order valence-electron chi connectivity index (χ1n) is 7.61. The molecule has 1 aliphatic heterocycles. The molecule has 2 N–H and O–H groups in total. The van der Waals surface area contributed by atoms with Crippen LogP contribution < -0.4 is 15.5 Å². The van der Waals surface area contributed by atoms with E-state index in [1.165, 1.54) is 12.8 Å². The van der Waals surface area contributed by atoms with E-state index < -0.39 is 0 Å². The van der Waals surface area contributed by atoms with Crippen LogP contribution in [0.15, 0.2) is 6.07 Å². The fourth-order valence-corrected chi connectivity index (χ4v) is 2.91. The van der Waals surface area contributed by atoms with Crippen molar-refractivity contribution in [1.82, 2.24) is 15.3 Å². The summed E-state index contributed by atoms with van der Waals surface area (Å²) in [6.45, 7) is 10.4. The van der Waals surface area contributed by atoms with Gasteiger partial charge >= 0.3 is 0 Å². The molecule has 2 heterocycles. The molecule has 0 aliphatic carbocycles. The Kier molecular flexibility index (Phi) is 5.45. The van der Waals surface area contributed by atoms with Crippen molar-refractivity contribution in [2.75, 3.05) is 23.3 Å². The first-order valence-corrected chi connectivity index (χ1v) is 8.40. The van der Waals surface area contributed by atoms with Gasteiger partial charge < -0.3 is 15.5 Å². The van der Waals surface area contributed by atoms with Crippen LogP contribution in [0.4, 0.5) is 11.8 Å². The second kappa shape index (κ2) is 6.96. The van der Waals surface area contributed by atoms with E-state index in [2.05, 4.69) is 32.4 Å². The van der Waals surface area contributed by atoms with E-state index in [1.807, 2.05) is 26.8 Å². The van der Waals surface area contributed by atoms with Gasteiger partial charge in [0.2, 0.25) is 5.95 Å². The maximum absolute atomic E-state index is 6.13. The van der Waals surface area contributed by atoms with Gasteiger partial charge in [-0.1, -0.05) is 18.5 Å². The van der Waals surface area contributed by atoms with Gasteiger partial charge in [-0.3, -0.25) is 0 Å². The zero-order chi connectivity index (χ0) is 16.3. The molecule has 1 fully saturated rings.